The molecule has 350 valence electrons. The van der Waals surface area contributed by atoms with E-state index in [-0.39, 0.29) is 53.2 Å². The van der Waals surface area contributed by atoms with E-state index in [1.54, 1.807) is 26.8 Å². The van der Waals surface area contributed by atoms with Crippen molar-refractivity contribution in [2.45, 2.75) is 187 Å². The monoisotopic (exact) mass is 898 g/mol. The third-order valence-electron chi connectivity index (χ3n) is 15.2. The Bertz CT molecular complexity index is 2010. The third-order valence-corrected chi connectivity index (χ3v) is 21.3. The molecular formula is C48H71FN2O11Si. The number of ether oxygens (including phenoxy) is 5. The molecule has 12 atom stereocenters. The van der Waals surface area contributed by atoms with Crippen LogP contribution in [-0.4, -0.2) is 107 Å². The van der Waals surface area contributed by atoms with Crippen LogP contribution in [0, 0.1) is 28.5 Å². The number of fused-ring (bicyclic) bond motifs is 8. The van der Waals surface area contributed by atoms with Crippen LogP contribution in [0.2, 0.25) is 16.6 Å². The number of aliphatic hydroxyl groups is 2. The number of imide groups is 1. The number of carbonyl (C=O) groups is 3. The molecule has 2 N–H and O–H groups in total. The van der Waals surface area contributed by atoms with Crippen LogP contribution in [0.4, 0.5) is 9.18 Å². The summed E-state index contributed by atoms with van der Waals surface area (Å²) in [4.78, 5) is 43.2. The molecule has 2 bridgehead atoms. The Balaban J connectivity index is 0.000000211. The number of likely N-dealkylation sites (tertiary alicyclic amines) is 1. The third kappa shape index (κ3) is 7.68. The maximum Gasteiger partial charge on any atom is 0.417 e. The van der Waals surface area contributed by atoms with Crippen LogP contribution >= 0.6 is 0 Å². The molecule has 1 saturated carbocycles. The van der Waals surface area contributed by atoms with Crippen molar-refractivity contribution in [3.63, 3.8) is 0 Å². The molecule has 3 aliphatic carbocycles. The van der Waals surface area contributed by atoms with E-state index in [1.165, 1.54) is 25.3 Å². The van der Waals surface area contributed by atoms with Crippen LogP contribution in [0.5, 0.6) is 0 Å². The van der Waals surface area contributed by atoms with E-state index < -0.39 is 96.6 Å². The summed E-state index contributed by atoms with van der Waals surface area (Å²) in [6.45, 7) is 33.4. The highest BCUT2D eigenvalue weighted by molar-refractivity contribution is 6.77. The van der Waals surface area contributed by atoms with Crippen molar-refractivity contribution in [1.29, 1.82) is 0 Å². The lowest BCUT2D eigenvalue weighted by molar-refractivity contribution is -0.306. The molecule has 0 aromatic carbocycles. The topological polar surface area (TPSA) is 163 Å². The Morgan fingerprint density at radius 3 is 2.22 bits per heavy atom. The number of rotatable bonds is 8. The predicted molar refractivity (Wildman–Crippen MR) is 236 cm³/mol. The summed E-state index contributed by atoms with van der Waals surface area (Å²) in [6, 6.07) is 1.80. The second kappa shape index (κ2) is 16.8. The van der Waals surface area contributed by atoms with Gasteiger partial charge < -0.3 is 38.3 Å². The first kappa shape index (κ1) is 49.1. The van der Waals surface area contributed by atoms with Gasteiger partial charge in [0, 0.05) is 36.3 Å². The maximum absolute atomic E-state index is 14.6. The second-order valence-electron chi connectivity index (χ2n) is 21.2. The van der Waals surface area contributed by atoms with Gasteiger partial charge in [-0.05, 0) is 79.6 Å². The molecule has 7 rings (SSSR count). The fourth-order valence-corrected chi connectivity index (χ4v) is 18.0. The molecule has 3 saturated heterocycles. The molecule has 1 aromatic heterocycles. The summed E-state index contributed by atoms with van der Waals surface area (Å²) >= 11 is 0. The van der Waals surface area contributed by atoms with Crippen molar-refractivity contribution in [3.05, 3.63) is 65.8 Å². The highest BCUT2D eigenvalue weighted by Crippen LogP contribution is 2.66. The first-order valence-corrected chi connectivity index (χ1v) is 24.6. The van der Waals surface area contributed by atoms with Crippen molar-refractivity contribution in [3.8, 4) is 0 Å². The van der Waals surface area contributed by atoms with E-state index in [0.717, 1.165) is 16.0 Å². The van der Waals surface area contributed by atoms with E-state index in [1.807, 2.05) is 33.8 Å². The van der Waals surface area contributed by atoms with E-state index >= 15 is 0 Å². The number of nitrogens with zero attached hydrogens (tertiary/aromatic N) is 2. The number of amides is 2. The predicted octanol–water partition coefficient (Wildman–Crippen LogP) is 8.26. The molecule has 3 aliphatic heterocycles. The van der Waals surface area contributed by atoms with Crippen molar-refractivity contribution >= 4 is 26.3 Å². The molecule has 15 heteroatoms. The van der Waals surface area contributed by atoms with Crippen LogP contribution in [0.25, 0.3) is 0 Å². The Labute approximate surface area is 373 Å². The summed E-state index contributed by atoms with van der Waals surface area (Å²) in [6.07, 6.45) is 2.79. The highest BCUT2D eigenvalue weighted by atomic mass is 28.4. The lowest BCUT2D eigenvalue weighted by atomic mass is 9.44. The van der Waals surface area contributed by atoms with Crippen LogP contribution < -0.4 is 0 Å². The van der Waals surface area contributed by atoms with Crippen molar-refractivity contribution < 1.29 is 57.1 Å². The Morgan fingerprint density at radius 1 is 1.10 bits per heavy atom. The van der Waals surface area contributed by atoms with Gasteiger partial charge >= 0.3 is 12.1 Å². The first-order chi connectivity index (χ1) is 29.1. The van der Waals surface area contributed by atoms with Gasteiger partial charge in [0.05, 0.1) is 18.3 Å². The zero-order chi connectivity index (χ0) is 47.2. The van der Waals surface area contributed by atoms with Gasteiger partial charge in [-0.3, -0.25) is 14.6 Å². The molecule has 2 amide bonds. The van der Waals surface area contributed by atoms with Gasteiger partial charge in [-0.2, -0.15) is 0 Å². The number of aliphatic hydroxyl groups excluding tert-OH is 1. The summed E-state index contributed by atoms with van der Waals surface area (Å²) < 4.78 is 51.4. The minimum Gasteiger partial charge on any atom is -0.453 e. The largest absolute Gasteiger partial charge is 0.453 e. The SMILES string of the molecule is C=C[C@@H]1O[C@@H]2C3=C(C)[C@@H](O)C[C@@](O)([C@@H](C)[C@H]4[C@@](C)(C=C[C@H]5OC[C@]54OC(C)=O)[C@@H]2O1)C3(C)C.CC(C)[Si](O[C@H]1C(=O)N(C(=O)OC(C)(C)C)[C@H]1c1ncccc1F)(C(C)C)C(C)C. The fourth-order valence-electron chi connectivity index (χ4n) is 12.5. The van der Waals surface area contributed by atoms with Crippen LogP contribution in [-0.2, 0) is 37.7 Å². The molecule has 13 nitrogen and oxygen atoms in total. The summed E-state index contributed by atoms with van der Waals surface area (Å²) in [5.74, 6) is -2.17. The molecule has 0 spiro atoms. The number of aromatic nitrogens is 1. The number of esters is 1. The minimum atomic E-state index is -2.46. The van der Waals surface area contributed by atoms with Gasteiger partial charge in [0.25, 0.3) is 5.91 Å². The zero-order valence-electron chi connectivity index (χ0n) is 39.9. The summed E-state index contributed by atoms with van der Waals surface area (Å²) in [5, 5.41) is 23.6. The Hall–Kier alpha value is -3.31. The summed E-state index contributed by atoms with van der Waals surface area (Å²) in [5.41, 5.74) is -1.96. The normalized spacial score (nSPS) is 36.8. The van der Waals surface area contributed by atoms with Crippen LogP contribution in [0.3, 0.4) is 0 Å². The van der Waals surface area contributed by atoms with E-state index in [9.17, 15) is 29.0 Å². The fraction of sp³-hybridized carbons (Fsp3) is 0.708. The Morgan fingerprint density at radius 2 is 1.71 bits per heavy atom. The quantitative estimate of drug-likeness (QED) is 0.111. The first-order valence-electron chi connectivity index (χ1n) is 22.5. The van der Waals surface area contributed by atoms with Crippen molar-refractivity contribution in [2.75, 3.05) is 6.61 Å². The van der Waals surface area contributed by atoms with Crippen LogP contribution in [0.15, 0.2) is 54.3 Å². The molecule has 63 heavy (non-hydrogen) atoms. The highest BCUT2D eigenvalue weighted by Gasteiger charge is 2.74. The van der Waals surface area contributed by atoms with Gasteiger partial charge in [-0.25, -0.2) is 14.1 Å². The average Bonchev–Trinajstić information content (AvgIpc) is 3.59. The number of β-lactam (4-membered cyclic amide) rings is 1. The maximum atomic E-state index is 14.6. The molecule has 6 aliphatic rings. The minimum absolute atomic E-state index is 0.0205. The number of carbonyl (C=O) groups excluding carboxylic acids is 3. The van der Waals surface area contributed by atoms with Crippen molar-refractivity contribution in [2.24, 2.45) is 22.7 Å². The second-order valence-corrected chi connectivity index (χ2v) is 26.6. The smallest absolute Gasteiger partial charge is 0.417 e. The molecule has 0 radical (unpaired) electrons. The lowest BCUT2D eigenvalue weighted by Gasteiger charge is -2.66. The van der Waals surface area contributed by atoms with Gasteiger partial charge in [-0.15, -0.1) is 0 Å². The van der Waals surface area contributed by atoms with E-state index in [4.69, 9.17) is 28.1 Å². The molecule has 4 fully saturated rings. The van der Waals surface area contributed by atoms with Gasteiger partial charge in [0.2, 0.25) is 8.32 Å². The van der Waals surface area contributed by atoms with Gasteiger partial charge in [0.15, 0.2) is 18.0 Å². The summed E-state index contributed by atoms with van der Waals surface area (Å²) in [7, 11) is -2.46. The zero-order valence-corrected chi connectivity index (χ0v) is 40.9. The Kier molecular flexibility index (Phi) is 13.1. The number of hydrogen-bond donors (Lipinski definition) is 2. The van der Waals surface area contributed by atoms with Gasteiger partial charge in [0.1, 0.15) is 41.5 Å². The average molecular weight is 899 g/mol. The number of pyridine rings is 1. The van der Waals surface area contributed by atoms with E-state index in [2.05, 4.69) is 66.1 Å². The standard InChI is InChI=1S/C26H36O7.C22H35FN2O4Si/c1-8-18-31-20-19-13(2)16(28)11-26(29,23(19,5)6)14(3)21-24(7,22(20)32-18)10-9-17-25(21,12-30-17)33-15(4)27;1-13(2)30(14(3)4,15(5)6)29-19-18(17-16(23)11-10-12-24-17)25(20(19)26)21(27)28-22(7,8)9/h8-10,14,16-18,20-22,28-29H,1,11-12H2,2-7H3;10-15,18-19H,1-9H3/t14-,16-,17+,18+,20+,21-,22+,24+,25-,26+;18-,19+/m00/s1. The van der Waals surface area contributed by atoms with Gasteiger partial charge in [-0.1, -0.05) is 88.0 Å². The molecule has 0 unspecified atom stereocenters. The number of halogens is 1. The molecule has 1 aromatic rings. The lowest BCUT2D eigenvalue weighted by Crippen LogP contribution is -2.76. The molecular weight excluding hydrogens is 828 g/mol. The van der Waals surface area contributed by atoms with E-state index in [0.29, 0.717) is 0 Å². The van der Waals surface area contributed by atoms with Crippen LogP contribution in [0.1, 0.15) is 122 Å². The van der Waals surface area contributed by atoms with Crippen molar-refractivity contribution in [1.82, 2.24) is 9.88 Å². The number of hydrogen-bond acceptors (Lipinski definition) is 12. The molecule has 4 heterocycles.